The second kappa shape index (κ2) is 8.48. The zero-order valence-electron chi connectivity index (χ0n) is 10.3. The molecule has 0 spiro atoms. The molecule has 0 unspecified atom stereocenters. The summed E-state index contributed by atoms with van der Waals surface area (Å²) in [7, 11) is 0. The van der Waals surface area contributed by atoms with Gasteiger partial charge in [-0.25, -0.2) is 0 Å². The van der Waals surface area contributed by atoms with E-state index < -0.39 is 4.92 Å². The normalized spacial score (nSPS) is 10.4. The molecule has 0 saturated carbocycles. The van der Waals surface area contributed by atoms with Crippen LogP contribution in [0.1, 0.15) is 6.42 Å². The van der Waals surface area contributed by atoms with Crippen LogP contribution in [0.3, 0.4) is 0 Å². The summed E-state index contributed by atoms with van der Waals surface area (Å²) in [5.41, 5.74) is -0.132. The Bertz CT molecular complexity index is 423. The van der Waals surface area contributed by atoms with Crippen LogP contribution in [0.4, 0.5) is 5.69 Å². The number of rotatable bonds is 9. The third-order valence-corrected chi connectivity index (χ3v) is 3.22. The van der Waals surface area contributed by atoms with Gasteiger partial charge in [0.2, 0.25) is 5.91 Å². The Balaban J connectivity index is 2.18. The Labute approximate surface area is 114 Å². The predicted molar refractivity (Wildman–Crippen MR) is 70.9 cm³/mol. The third kappa shape index (κ3) is 6.20. The van der Waals surface area contributed by atoms with Gasteiger partial charge in [0.1, 0.15) is 18.9 Å². The van der Waals surface area contributed by atoms with Crippen molar-refractivity contribution in [3.05, 3.63) is 22.5 Å². The second-order valence-corrected chi connectivity index (χ2v) is 4.92. The molecule has 0 aliphatic carbocycles. The molecule has 9 heteroatoms. The molecule has 1 rings (SSSR count). The molecule has 8 nitrogen and oxygen atoms in total. The Kier molecular flexibility index (Phi) is 6.90. The number of nitrogens with zero attached hydrogens (tertiary/aromatic N) is 3. The summed E-state index contributed by atoms with van der Waals surface area (Å²) < 4.78 is 1.23. The Morgan fingerprint density at radius 3 is 3.00 bits per heavy atom. The lowest BCUT2D eigenvalue weighted by molar-refractivity contribution is -0.385. The van der Waals surface area contributed by atoms with Gasteiger partial charge in [0.05, 0.1) is 4.92 Å². The zero-order chi connectivity index (χ0) is 14.1. The van der Waals surface area contributed by atoms with Crippen LogP contribution in [0.25, 0.3) is 0 Å². The molecule has 0 radical (unpaired) electrons. The molecule has 0 aliphatic rings. The largest absolute Gasteiger partial charge is 0.396 e. The predicted octanol–water partition coefficient (Wildman–Crippen LogP) is 0.0231. The van der Waals surface area contributed by atoms with Gasteiger partial charge in [-0.2, -0.15) is 16.9 Å². The van der Waals surface area contributed by atoms with Crippen molar-refractivity contribution in [3.63, 3.8) is 0 Å². The molecule has 0 bridgehead atoms. The van der Waals surface area contributed by atoms with E-state index in [2.05, 4.69) is 10.4 Å². The van der Waals surface area contributed by atoms with Gasteiger partial charge in [-0.15, -0.1) is 0 Å². The minimum Gasteiger partial charge on any atom is -0.396 e. The summed E-state index contributed by atoms with van der Waals surface area (Å²) >= 11 is 1.65. The quantitative estimate of drug-likeness (QED) is 0.376. The van der Waals surface area contributed by atoms with Crippen molar-refractivity contribution >= 4 is 23.4 Å². The number of amides is 1. The van der Waals surface area contributed by atoms with Crippen molar-refractivity contribution in [2.75, 3.05) is 24.7 Å². The van der Waals surface area contributed by atoms with Crippen LogP contribution in [0, 0.1) is 10.1 Å². The minimum atomic E-state index is -0.556. The van der Waals surface area contributed by atoms with Crippen molar-refractivity contribution in [1.82, 2.24) is 15.1 Å². The summed E-state index contributed by atoms with van der Waals surface area (Å²) in [5, 5.41) is 25.4. The molecular weight excluding hydrogens is 272 g/mol. The Morgan fingerprint density at radius 2 is 2.37 bits per heavy atom. The second-order valence-electron chi connectivity index (χ2n) is 3.69. The molecular formula is C10H16N4O4S. The molecule has 1 aromatic heterocycles. The SMILES string of the molecule is O=C(Cn1cc([N+](=O)[O-])cn1)NCCSCCCO. The van der Waals surface area contributed by atoms with Crippen LogP contribution >= 0.6 is 11.8 Å². The molecule has 106 valence electrons. The third-order valence-electron chi connectivity index (χ3n) is 2.15. The lowest BCUT2D eigenvalue weighted by atomic mass is 10.5. The maximum absolute atomic E-state index is 11.5. The van der Waals surface area contributed by atoms with E-state index in [0.717, 1.165) is 24.1 Å². The highest BCUT2D eigenvalue weighted by Crippen LogP contribution is 2.07. The molecule has 0 aromatic carbocycles. The fourth-order valence-corrected chi connectivity index (χ4v) is 2.05. The summed E-state index contributed by atoms with van der Waals surface area (Å²) in [6, 6.07) is 0. The summed E-state index contributed by atoms with van der Waals surface area (Å²) in [6.45, 7) is 0.672. The maximum atomic E-state index is 11.5. The number of aliphatic hydroxyl groups is 1. The van der Waals surface area contributed by atoms with Crippen LogP contribution in [0.2, 0.25) is 0 Å². The van der Waals surface area contributed by atoms with Gasteiger partial charge in [-0.3, -0.25) is 19.6 Å². The summed E-state index contributed by atoms with van der Waals surface area (Å²) in [4.78, 5) is 21.4. The first-order valence-electron chi connectivity index (χ1n) is 5.75. The van der Waals surface area contributed by atoms with Crippen LogP contribution in [0.5, 0.6) is 0 Å². The molecule has 0 aliphatic heterocycles. The Hall–Kier alpha value is -1.61. The van der Waals surface area contributed by atoms with Crippen LogP contribution in [-0.2, 0) is 11.3 Å². The van der Waals surface area contributed by atoms with E-state index in [1.807, 2.05) is 0 Å². The van der Waals surface area contributed by atoms with Crippen molar-refractivity contribution in [3.8, 4) is 0 Å². The fraction of sp³-hybridized carbons (Fsp3) is 0.600. The first-order valence-corrected chi connectivity index (χ1v) is 6.91. The number of carbonyl (C=O) groups excluding carboxylic acids is 1. The standard InChI is InChI=1S/C10H16N4O4S/c15-3-1-4-19-5-2-11-10(16)8-13-7-9(6-12-13)14(17)18/h6-7,15H,1-5,8H2,(H,11,16). The van der Waals surface area contributed by atoms with Gasteiger partial charge in [-0.1, -0.05) is 0 Å². The van der Waals surface area contributed by atoms with E-state index in [4.69, 9.17) is 5.11 Å². The fourth-order valence-electron chi connectivity index (χ4n) is 1.27. The van der Waals surface area contributed by atoms with Gasteiger partial charge in [0.25, 0.3) is 0 Å². The van der Waals surface area contributed by atoms with E-state index >= 15 is 0 Å². The number of thioether (sulfide) groups is 1. The molecule has 0 saturated heterocycles. The number of hydrogen-bond acceptors (Lipinski definition) is 6. The number of nitro groups is 1. The maximum Gasteiger partial charge on any atom is 0.307 e. The highest BCUT2D eigenvalue weighted by molar-refractivity contribution is 7.99. The van der Waals surface area contributed by atoms with Crippen LogP contribution in [-0.4, -0.2) is 50.4 Å². The van der Waals surface area contributed by atoms with Gasteiger partial charge < -0.3 is 10.4 Å². The monoisotopic (exact) mass is 288 g/mol. The van der Waals surface area contributed by atoms with Crippen molar-refractivity contribution in [2.45, 2.75) is 13.0 Å². The van der Waals surface area contributed by atoms with E-state index in [1.54, 1.807) is 11.8 Å². The van der Waals surface area contributed by atoms with Crippen LogP contribution < -0.4 is 5.32 Å². The highest BCUT2D eigenvalue weighted by Gasteiger charge is 2.10. The van der Waals surface area contributed by atoms with Crippen molar-refractivity contribution in [2.24, 2.45) is 0 Å². The van der Waals surface area contributed by atoms with E-state index in [-0.39, 0.29) is 24.7 Å². The van der Waals surface area contributed by atoms with Gasteiger partial charge >= 0.3 is 5.69 Å². The summed E-state index contributed by atoms with van der Waals surface area (Å²) in [5.74, 6) is 1.39. The molecule has 0 fully saturated rings. The van der Waals surface area contributed by atoms with Gasteiger partial charge in [0, 0.05) is 18.9 Å². The molecule has 1 amide bonds. The topological polar surface area (TPSA) is 110 Å². The lowest BCUT2D eigenvalue weighted by Crippen LogP contribution is -2.29. The van der Waals surface area contributed by atoms with E-state index in [9.17, 15) is 14.9 Å². The molecule has 19 heavy (non-hydrogen) atoms. The van der Waals surface area contributed by atoms with E-state index in [1.165, 1.54) is 10.9 Å². The number of aliphatic hydroxyl groups excluding tert-OH is 1. The van der Waals surface area contributed by atoms with Crippen molar-refractivity contribution < 1.29 is 14.8 Å². The van der Waals surface area contributed by atoms with Gasteiger partial charge in [0.15, 0.2) is 0 Å². The number of carbonyl (C=O) groups is 1. The average molecular weight is 288 g/mol. The average Bonchev–Trinajstić information content (AvgIpc) is 2.82. The number of hydrogen-bond donors (Lipinski definition) is 2. The van der Waals surface area contributed by atoms with E-state index in [0.29, 0.717) is 6.54 Å². The first-order chi connectivity index (χ1) is 9.13. The number of nitrogens with one attached hydrogen (secondary N) is 1. The highest BCUT2D eigenvalue weighted by atomic mass is 32.2. The van der Waals surface area contributed by atoms with Crippen molar-refractivity contribution in [1.29, 1.82) is 0 Å². The molecule has 0 atom stereocenters. The smallest absolute Gasteiger partial charge is 0.307 e. The Morgan fingerprint density at radius 1 is 1.58 bits per heavy atom. The first kappa shape index (κ1) is 15.4. The molecule has 1 aromatic rings. The molecule has 1 heterocycles. The number of aromatic nitrogens is 2. The van der Waals surface area contributed by atoms with Crippen LogP contribution in [0.15, 0.2) is 12.4 Å². The zero-order valence-corrected chi connectivity index (χ0v) is 11.1. The molecule has 2 N–H and O–H groups in total. The van der Waals surface area contributed by atoms with Gasteiger partial charge in [-0.05, 0) is 12.2 Å². The summed E-state index contributed by atoms with van der Waals surface area (Å²) in [6.07, 6.45) is 3.07. The lowest BCUT2D eigenvalue weighted by Gasteiger charge is -2.04. The minimum absolute atomic E-state index is 0.0326.